The van der Waals surface area contributed by atoms with Gasteiger partial charge in [-0.15, -0.1) is 0 Å². The first-order valence-corrected chi connectivity index (χ1v) is 11.8. The summed E-state index contributed by atoms with van der Waals surface area (Å²) in [4.78, 5) is 18.3. The number of nitrogens with one attached hydrogen (secondary N) is 1. The van der Waals surface area contributed by atoms with Gasteiger partial charge in [0.25, 0.3) is 5.91 Å². The number of rotatable bonds is 7. The van der Waals surface area contributed by atoms with Gasteiger partial charge in [0.15, 0.2) is 5.71 Å². The van der Waals surface area contributed by atoms with Crippen molar-refractivity contribution in [3.05, 3.63) is 88.2 Å². The lowest BCUT2D eigenvalue weighted by Crippen LogP contribution is -2.42. The molecule has 1 heterocycles. The molecule has 0 bridgehead atoms. The lowest BCUT2D eigenvalue weighted by atomic mass is 9.96. The van der Waals surface area contributed by atoms with E-state index in [1.165, 1.54) is 12.1 Å². The smallest absolute Gasteiger partial charge is 0.274 e. The van der Waals surface area contributed by atoms with Gasteiger partial charge in [0.2, 0.25) is 0 Å². The third-order valence-electron chi connectivity index (χ3n) is 6.08. The second-order valence-electron chi connectivity index (χ2n) is 8.81. The van der Waals surface area contributed by atoms with Crippen molar-refractivity contribution in [3.63, 3.8) is 0 Å². The zero-order chi connectivity index (χ0) is 24.5. The highest BCUT2D eigenvalue weighted by Crippen LogP contribution is 2.34. The Labute approximate surface area is 207 Å². The molecule has 1 fully saturated rings. The number of hydrogen-bond donors (Lipinski definition) is 2. The van der Waals surface area contributed by atoms with Gasteiger partial charge in [0.1, 0.15) is 18.2 Å². The van der Waals surface area contributed by atoms with Gasteiger partial charge in [0, 0.05) is 11.1 Å². The summed E-state index contributed by atoms with van der Waals surface area (Å²) in [5.41, 5.74) is 3.86. The number of nitrogens with zero attached hydrogens (tertiary/aromatic N) is 1. The number of aliphatic hydroxyl groups is 1. The number of oxime groups is 1. The number of carbonyl (C=O) groups excluding carboxylic acids is 1. The van der Waals surface area contributed by atoms with Gasteiger partial charge >= 0.3 is 0 Å². The van der Waals surface area contributed by atoms with Crippen molar-refractivity contribution in [2.75, 3.05) is 0 Å². The van der Waals surface area contributed by atoms with Gasteiger partial charge < -0.3 is 20.0 Å². The molecule has 2 atom stereocenters. The summed E-state index contributed by atoms with van der Waals surface area (Å²) in [6.45, 7) is 1.92. The number of halogens is 2. The van der Waals surface area contributed by atoms with Crippen LogP contribution in [0.4, 0.5) is 4.39 Å². The minimum atomic E-state index is -0.989. The van der Waals surface area contributed by atoms with Gasteiger partial charge in [-0.2, -0.15) is 0 Å². The Morgan fingerprint density at radius 3 is 2.60 bits per heavy atom. The third-order valence-corrected chi connectivity index (χ3v) is 6.37. The molecule has 1 aliphatic carbocycles. The molecule has 6 nitrogen and oxygen atoms in total. The van der Waals surface area contributed by atoms with E-state index in [9.17, 15) is 14.3 Å². The summed E-state index contributed by atoms with van der Waals surface area (Å²) in [7, 11) is 0. The van der Waals surface area contributed by atoms with Crippen LogP contribution in [0.3, 0.4) is 0 Å². The molecule has 1 amide bonds. The highest BCUT2D eigenvalue weighted by atomic mass is 35.5. The van der Waals surface area contributed by atoms with E-state index in [1.807, 2.05) is 12.1 Å². The number of ether oxygens (including phenoxy) is 1. The molecular formula is C27H24ClFN2O4. The first-order chi connectivity index (χ1) is 16.9. The Morgan fingerprint density at radius 1 is 1.14 bits per heavy atom. The van der Waals surface area contributed by atoms with Crippen molar-refractivity contribution in [3.8, 4) is 16.9 Å². The molecule has 8 heteroatoms. The molecule has 180 valence electrons. The highest BCUT2D eigenvalue weighted by Gasteiger charge is 2.28. The van der Waals surface area contributed by atoms with Crippen molar-refractivity contribution in [1.29, 1.82) is 0 Å². The van der Waals surface area contributed by atoms with E-state index in [4.69, 9.17) is 21.2 Å². The Bertz CT molecular complexity index is 1290. The fourth-order valence-electron chi connectivity index (χ4n) is 3.95. The minimum Gasteiger partial charge on any atom is -0.489 e. The van der Waals surface area contributed by atoms with Crippen molar-refractivity contribution < 1.29 is 23.9 Å². The van der Waals surface area contributed by atoms with Crippen LogP contribution in [-0.2, 0) is 16.2 Å². The number of amides is 1. The molecule has 0 saturated heterocycles. The first kappa shape index (κ1) is 23.3. The standard InChI is InChI=1S/C27H24ClFN2O4/c1-15(26(32)18-5-11-24(23(28)13-18)35-21-8-9-21)30-27(33)25-22-10-4-17(12-19(22)14-34-31-25)16-2-6-20(29)7-3-16/h2-7,10-13,15,21,26,32H,8-9,14H2,1H3,(H,30,33)/t15-,26+/m1/s1. The zero-order valence-corrected chi connectivity index (χ0v) is 19.8. The van der Waals surface area contributed by atoms with Crippen LogP contribution >= 0.6 is 11.6 Å². The van der Waals surface area contributed by atoms with E-state index in [-0.39, 0.29) is 24.2 Å². The van der Waals surface area contributed by atoms with Gasteiger partial charge in [0.05, 0.1) is 23.3 Å². The molecule has 0 spiro atoms. The van der Waals surface area contributed by atoms with Gasteiger partial charge in [-0.25, -0.2) is 4.39 Å². The average molecular weight is 495 g/mol. The van der Waals surface area contributed by atoms with E-state index < -0.39 is 18.1 Å². The predicted molar refractivity (Wildman–Crippen MR) is 131 cm³/mol. The number of benzene rings is 3. The number of fused-ring (bicyclic) bond motifs is 1. The van der Waals surface area contributed by atoms with Crippen molar-refractivity contribution in [1.82, 2.24) is 5.32 Å². The van der Waals surface area contributed by atoms with Crippen LogP contribution in [0.1, 0.15) is 42.6 Å². The minimum absolute atomic E-state index is 0.127. The van der Waals surface area contributed by atoms with Gasteiger partial charge in [-0.1, -0.05) is 47.1 Å². The number of aliphatic hydroxyl groups excluding tert-OH is 1. The molecule has 2 N–H and O–H groups in total. The van der Waals surface area contributed by atoms with E-state index in [2.05, 4.69) is 10.5 Å². The lowest BCUT2D eigenvalue weighted by molar-refractivity contribution is -0.116. The highest BCUT2D eigenvalue weighted by molar-refractivity contribution is 6.45. The first-order valence-electron chi connectivity index (χ1n) is 11.4. The molecule has 3 aromatic rings. The van der Waals surface area contributed by atoms with Crippen LogP contribution in [0.25, 0.3) is 11.1 Å². The predicted octanol–water partition coefficient (Wildman–Crippen LogP) is 5.16. The summed E-state index contributed by atoms with van der Waals surface area (Å²) >= 11 is 6.32. The SMILES string of the molecule is C[C@@H](NC(=O)C1=NOCc2cc(-c3ccc(F)cc3)ccc21)[C@H](O)c1ccc(OC2CC2)c(Cl)c1. The number of hydrogen-bond acceptors (Lipinski definition) is 5. The fourth-order valence-corrected chi connectivity index (χ4v) is 4.18. The maximum Gasteiger partial charge on any atom is 0.274 e. The normalized spacial score (nSPS) is 16.4. The van der Waals surface area contributed by atoms with E-state index in [0.29, 0.717) is 21.9 Å². The fraction of sp³-hybridized carbons (Fsp3) is 0.259. The van der Waals surface area contributed by atoms with E-state index >= 15 is 0 Å². The molecule has 2 aliphatic rings. The largest absolute Gasteiger partial charge is 0.489 e. The quantitative estimate of drug-likeness (QED) is 0.475. The van der Waals surface area contributed by atoms with Crippen LogP contribution in [-0.4, -0.2) is 28.9 Å². The summed E-state index contributed by atoms with van der Waals surface area (Å²) < 4.78 is 19.0. The second kappa shape index (κ2) is 9.68. The topological polar surface area (TPSA) is 80.2 Å². The van der Waals surface area contributed by atoms with Gasteiger partial charge in [-0.05, 0) is 66.8 Å². The Balaban J connectivity index is 1.28. The number of carbonyl (C=O) groups is 1. The lowest BCUT2D eigenvalue weighted by Gasteiger charge is -2.23. The van der Waals surface area contributed by atoms with Gasteiger partial charge in [-0.3, -0.25) is 4.79 Å². The summed E-state index contributed by atoms with van der Waals surface area (Å²) in [6.07, 6.45) is 1.27. The Kier molecular flexibility index (Phi) is 6.45. The Morgan fingerprint density at radius 2 is 1.89 bits per heavy atom. The summed E-state index contributed by atoms with van der Waals surface area (Å²) in [6, 6.07) is 16.3. The van der Waals surface area contributed by atoms with Crippen LogP contribution in [0.15, 0.2) is 65.8 Å². The molecule has 1 saturated carbocycles. The maximum atomic E-state index is 13.3. The molecule has 0 unspecified atom stereocenters. The molecule has 0 aromatic heterocycles. The van der Waals surface area contributed by atoms with Crippen molar-refractivity contribution in [2.45, 2.75) is 44.6 Å². The molecule has 5 rings (SSSR count). The van der Waals surface area contributed by atoms with Crippen LogP contribution in [0.5, 0.6) is 5.75 Å². The molecule has 1 aliphatic heterocycles. The second-order valence-corrected chi connectivity index (χ2v) is 9.21. The molecule has 35 heavy (non-hydrogen) atoms. The monoisotopic (exact) mass is 494 g/mol. The molecular weight excluding hydrogens is 471 g/mol. The average Bonchev–Trinajstić information content (AvgIpc) is 3.68. The third kappa shape index (κ3) is 5.16. The van der Waals surface area contributed by atoms with Crippen LogP contribution in [0.2, 0.25) is 5.02 Å². The van der Waals surface area contributed by atoms with Crippen LogP contribution < -0.4 is 10.1 Å². The Hall–Kier alpha value is -3.42. The summed E-state index contributed by atoms with van der Waals surface area (Å²) in [5.74, 6) is -0.179. The molecule has 3 aromatic carbocycles. The van der Waals surface area contributed by atoms with Crippen molar-refractivity contribution >= 4 is 23.2 Å². The summed E-state index contributed by atoms with van der Waals surface area (Å²) in [5, 5.41) is 18.0. The van der Waals surface area contributed by atoms with E-state index in [0.717, 1.165) is 29.5 Å². The zero-order valence-electron chi connectivity index (χ0n) is 19.0. The maximum absolute atomic E-state index is 13.3. The van der Waals surface area contributed by atoms with Crippen molar-refractivity contribution in [2.24, 2.45) is 5.16 Å². The van der Waals surface area contributed by atoms with Crippen LogP contribution in [0, 0.1) is 5.82 Å². The molecule has 0 radical (unpaired) electrons. The van der Waals surface area contributed by atoms with E-state index in [1.54, 1.807) is 43.3 Å².